The molecule has 1 atom stereocenters. The van der Waals surface area contributed by atoms with E-state index in [4.69, 9.17) is 14.1 Å². The van der Waals surface area contributed by atoms with Crippen molar-refractivity contribution in [2.45, 2.75) is 31.5 Å². The van der Waals surface area contributed by atoms with Gasteiger partial charge in [0.15, 0.2) is 5.16 Å². The summed E-state index contributed by atoms with van der Waals surface area (Å²) in [6, 6.07) is 13.3. The number of amides is 2. The van der Waals surface area contributed by atoms with Gasteiger partial charge < -0.3 is 19.8 Å². The summed E-state index contributed by atoms with van der Waals surface area (Å²) in [5.41, 5.74) is 1.11. The topological polar surface area (TPSA) is 115 Å². The van der Waals surface area contributed by atoms with E-state index >= 15 is 0 Å². The molecule has 1 aliphatic heterocycles. The van der Waals surface area contributed by atoms with E-state index in [-0.39, 0.29) is 23.5 Å². The second kappa shape index (κ2) is 10.7. The molecule has 1 aliphatic rings. The lowest BCUT2D eigenvalue weighted by atomic mass is 10.0. The van der Waals surface area contributed by atoms with Gasteiger partial charge in [-0.15, -0.1) is 11.3 Å². The van der Waals surface area contributed by atoms with Crippen LogP contribution in [0.2, 0.25) is 0 Å². The van der Waals surface area contributed by atoms with Crippen LogP contribution in [0, 0.1) is 0 Å². The zero-order valence-electron chi connectivity index (χ0n) is 20.1. The quantitative estimate of drug-likeness (QED) is 0.193. The molecule has 0 radical (unpaired) electrons. The fourth-order valence-electron chi connectivity index (χ4n) is 4.07. The van der Waals surface area contributed by atoms with E-state index in [1.807, 2.05) is 43.3 Å². The molecule has 11 heteroatoms. The largest absolute Gasteiger partial charge is 0.467 e. The number of urea groups is 1. The lowest BCUT2D eigenvalue weighted by Gasteiger charge is -2.27. The molecule has 0 saturated carbocycles. The molecule has 2 N–H and O–H groups in total. The predicted molar refractivity (Wildman–Crippen MR) is 142 cm³/mol. The number of ether oxygens (including phenoxy) is 1. The van der Waals surface area contributed by atoms with Crippen molar-refractivity contribution in [3.05, 3.63) is 87.1 Å². The average molecular weight is 537 g/mol. The molecule has 9 nitrogen and oxygen atoms in total. The highest BCUT2D eigenvalue weighted by atomic mass is 32.2. The molecule has 4 heterocycles. The molecule has 37 heavy (non-hydrogen) atoms. The SMILES string of the molecule is CCOC(=O)C1=C(CSc2nc3sc(CC)cc3c(=O)n2-c2ccccc2)NC(=O)N[C@@H]1c1ccco1. The summed E-state index contributed by atoms with van der Waals surface area (Å²) in [7, 11) is 0. The van der Waals surface area contributed by atoms with E-state index in [9.17, 15) is 14.4 Å². The van der Waals surface area contributed by atoms with Crippen LogP contribution in [0.5, 0.6) is 0 Å². The standard InChI is InChI=1S/C26H24N4O5S2/c1-3-16-13-17-22(37-16)29-26(30(23(17)31)15-9-6-5-7-10-15)36-14-18-20(24(32)34-4-2)21(28-25(33)27-18)19-11-8-12-35-19/h5-13,21H,3-4,14H2,1-2H3,(H2,27,28,33)/t21-/m1/s1. The molecule has 0 unspecified atom stereocenters. The molecule has 5 rings (SSSR count). The van der Waals surface area contributed by atoms with Crippen molar-refractivity contribution in [2.75, 3.05) is 12.4 Å². The van der Waals surface area contributed by atoms with Gasteiger partial charge in [0.05, 0.1) is 29.5 Å². The number of para-hydroxylation sites is 1. The molecule has 2 amide bonds. The van der Waals surface area contributed by atoms with Crippen molar-refractivity contribution in [3.8, 4) is 5.69 Å². The maximum atomic E-state index is 13.6. The van der Waals surface area contributed by atoms with Crippen LogP contribution in [0.4, 0.5) is 4.79 Å². The van der Waals surface area contributed by atoms with Crippen LogP contribution in [0.1, 0.15) is 30.5 Å². The number of nitrogens with zero attached hydrogens (tertiary/aromatic N) is 2. The number of aryl methyl sites for hydroxylation is 1. The van der Waals surface area contributed by atoms with Gasteiger partial charge in [0.25, 0.3) is 5.56 Å². The van der Waals surface area contributed by atoms with E-state index in [0.29, 0.717) is 32.5 Å². The second-order valence-electron chi connectivity index (χ2n) is 8.10. The minimum Gasteiger partial charge on any atom is -0.467 e. The third-order valence-corrected chi connectivity index (χ3v) is 7.91. The Morgan fingerprint density at radius 2 is 2.00 bits per heavy atom. The average Bonchev–Trinajstić information content (AvgIpc) is 3.58. The van der Waals surface area contributed by atoms with Gasteiger partial charge in [-0.05, 0) is 43.7 Å². The van der Waals surface area contributed by atoms with Crippen molar-refractivity contribution >= 4 is 45.3 Å². The summed E-state index contributed by atoms with van der Waals surface area (Å²) < 4.78 is 12.4. The number of carbonyl (C=O) groups excluding carboxylic acids is 2. The minimum absolute atomic E-state index is 0.162. The van der Waals surface area contributed by atoms with Crippen molar-refractivity contribution < 1.29 is 18.7 Å². The van der Waals surface area contributed by atoms with Crippen LogP contribution >= 0.6 is 23.1 Å². The smallest absolute Gasteiger partial charge is 0.338 e. The number of thiophene rings is 1. The summed E-state index contributed by atoms with van der Waals surface area (Å²) in [4.78, 5) is 45.7. The Balaban J connectivity index is 1.60. The number of rotatable bonds is 8. The number of carbonyl (C=O) groups is 2. The van der Waals surface area contributed by atoms with Crippen LogP contribution < -0.4 is 16.2 Å². The Kier molecular flexibility index (Phi) is 7.15. The van der Waals surface area contributed by atoms with Gasteiger partial charge in [-0.25, -0.2) is 14.6 Å². The van der Waals surface area contributed by atoms with Gasteiger partial charge in [-0.1, -0.05) is 36.9 Å². The van der Waals surface area contributed by atoms with E-state index < -0.39 is 18.0 Å². The molecule has 0 spiro atoms. The van der Waals surface area contributed by atoms with Gasteiger partial charge in [-0.3, -0.25) is 9.36 Å². The zero-order valence-corrected chi connectivity index (χ0v) is 21.8. The molecule has 190 valence electrons. The maximum Gasteiger partial charge on any atom is 0.338 e. The molecule has 0 fully saturated rings. The van der Waals surface area contributed by atoms with E-state index in [2.05, 4.69) is 10.6 Å². The first kappa shape index (κ1) is 24.8. The monoisotopic (exact) mass is 536 g/mol. The van der Waals surface area contributed by atoms with E-state index in [1.165, 1.54) is 29.4 Å². The first-order valence-corrected chi connectivity index (χ1v) is 13.5. The number of hydrogen-bond donors (Lipinski definition) is 2. The van der Waals surface area contributed by atoms with Gasteiger partial charge in [0.1, 0.15) is 16.6 Å². The van der Waals surface area contributed by atoms with Crippen LogP contribution in [0.25, 0.3) is 15.9 Å². The zero-order chi connectivity index (χ0) is 25.9. The molecular formula is C26H24N4O5S2. The highest BCUT2D eigenvalue weighted by Gasteiger charge is 2.35. The number of fused-ring (bicyclic) bond motifs is 1. The predicted octanol–water partition coefficient (Wildman–Crippen LogP) is 4.57. The Morgan fingerprint density at radius 3 is 2.70 bits per heavy atom. The molecule has 4 aromatic rings. The molecule has 3 aromatic heterocycles. The number of nitrogens with one attached hydrogen (secondary N) is 2. The first-order valence-electron chi connectivity index (χ1n) is 11.7. The lowest BCUT2D eigenvalue weighted by Crippen LogP contribution is -2.46. The maximum absolute atomic E-state index is 13.6. The van der Waals surface area contributed by atoms with Gasteiger partial charge in [0, 0.05) is 16.3 Å². The van der Waals surface area contributed by atoms with Gasteiger partial charge in [0.2, 0.25) is 0 Å². The number of hydrogen-bond acceptors (Lipinski definition) is 8. The van der Waals surface area contributed by atoms with E-state index in [0.717, 1.165) is 11.3 Å². The highest BCUT2D eigenvalue weighted by molar-refractivity contribution is 7.99. The lowest BCUT2D eigenvalue weighted by molar-refractivity contribution is -0.139. The molecule has 1 aromatic carbocycles. The fourth-order valence-corrected chi connectivity index (χ4v) is 6.06. The summed E-state index contributed by atoms with van der Waals surface area (Å²) in [6.07, 6.45) is 2.28. The third kappa shape index (κ3) is 4.92. The van der Waals surface area contributed by atoms with Crippen molar-refractivity contribution in [2.24, 2.45) is 0 Å². The Bertz CT molecular complexity index is 1540. The summed E-state index contributed by atoms with van der Waals surface area (Å²) in [5, 5.41) is 6.50. The molecule has 0 aliphatic carbocycles. The van der Waals surface area contributed by atoms with Crippen molar-refractivity contribution in [3.63, 3.8) is 0 Å². The Morgan fingerprint density at radius 1 is 1.19 bits per heavy atom. The van der Waals surface area contributed by atoms with Gasteiger partial charge >= 0.3 is 12.0 Å². The van der Waals surface area contributed by atoms with Gasteiger partial charge in [-0.2, -0.15) is 0 Å². The number of furan rings is 1. The fraction of sp³-hybridized carbons (Fsp3) is 0.231. The highest BCUT2D eigenvalue weighted by Crippen LogP contribution is 2.32. The minimum atomic E-state index is -0.811. The summed E-state index contributed by atoms with van der Waals surface area (Å²) in [6.45, 7) is 3.92. The number of thioether (sulfide) groups is 1. The van der Waals surface area contributed by atoms with Crippen molar-refractivity contribution in [1.82, 2.24) is 20.2 Å². The molecule has 0 bridgehead atoms. The summed E-state index contributed by atoms with van der Waals surface area (Å²) in [5.74, 6) is 0.00350. The van der Waals surface area contributed by atoms with Crippen LogP contribution in [-0.4, -0.2) is 33.9 Å². The summed E-state index contributed by atoms with van der Waals surface area (Å²) >= 11 is 2.74. The van der Waals surface area contributed by atoms with Crippen molar-refractivity contribution in [1.29, 1.82) is 0 Å². The molecule has 0 saturated heterocycles. The van der Waals surface area contributed by atoms with Crippen LogP contribution in [0.3, 0.4) is 0 Å². The first-order chi connectivity index (χ1) is 18.0. The normalized spacial score (nSPS) is 15.5. The molecular weight excluding hydrogens is 512 g/mol. The third-order valence-electron chi connectivity index (χ3n) is 5.77. The number of benzene rings is 1. The second-order valence-corrected chi connectivity index (χ2v) is 10.2. The van der Waals surface area contributed by atoms with E-state index in [1.54, 1.807) is 23.6 Å². The number of esters is 1. The van der Waals surface area contributed by atoms with Crippen LogP contribution in [-0.2, 0) is 16.0 Å². The van der Waals surface area contributed by atoms with Crippen LogP contribution in [0.15, 0.2) is 80.4 Å². The number of aromatic nitrogens is 2. The Labute approximate surface area is 220 Å². The Hall–Kier alpha value is -3.83.